The summed E-state index contributed by atoms with van der Waals surface area (Å²) in [5.74, 6) is 2.50. The van der Waals surface area contributed by atoms with Crippen molar-refractivity contribution >= 4 is 12.5 Å². The number of fused-ring (bicyclic) bond motifs is 5. The normalized spacial score (nSPS) is 32.4. The number of ether oxygens (including phenoxy) is 1. The first kappa shape index (κ1) is 24.6. The quantitative estimate of drug-likeness (QED) is 0.571. The minimum absolute atomic E-state index is 0.0976. The molecule has 2 saturated carbocycles. The van der Waals surface area contributed by atoms with E-state index in [0.717, 1.165) is 70.7 Å². The van der Waals surface area contributed by atoms with Gasteiger partial charge in [-0.25, -0.2) is 4.79 Å². The number of carbonyl (C=O) groups is 2. The second-order valence-corrected chi connectivity index (χ2v) is 11.7. The highest BCUT2D eigenvalue weighted by Crippen LogP contribution is 2.60. The summed E-state index contributed by atoms with van der Waals surface area (Å²) in [4.78, 5) is 28.0. The van der Waals surface area contributed by atoms with Gasteiger partial charge < -0.3 is 19.6 Å². The summed E-state index contributed by atoms with van der Waals surface area (Å²) in [6.07, 6.45) is 10.8. The molecule has 1 aromatic rings. The molecule has 2 amide bonds. The van der Waals surface area contributed by atoms with E-state index < -0.39 is 0 Å². The van der Waals surface area contributed by atoms with Crippen molar-refractivity contribution in [3.8, 4) is 5.75 Å². The number of hydrogen-bond donors (Lipinski definition) is 1. The summed E-state index contributed by atoms with van der Waals surface area (Å²) < 4.78 is 5.81. The predicted octanol–water partition coefficient (Wildman–Crippen LogP) is 5.13. The molecule has 4 aliphatic rings. The van der Waals surface area contributed by atoms with Crippen LogP contribution in [0.25, 0.3) is 0 Å². The van der Waals surface area contributed by atoms with Crippen molar-refractivity contribution in [2.75, 3.05) is 19.6 Å². The Bertz CT molecular complexity index is 927. The van der Waals surface area contributed by atoms with E-state index in [2.05, 4.69) is 26.0 Å². The van der Waals surface area contributed by atoms with Crippen molar-refractivity contribution in [1.29, 1.82) is 0 Å². The summed E-state index contributed by atoms with van der Waals surface area (Å²) in [5, 5.41) is 10.6. The highest BCUT2D eigenvalue weighted by Gasteiger charge is 2.54. The molecule has 6 heteroatoms. The van der Waals surface area contributed by atoms with E-state index in [0.29, 0.717) is 36.6 Å². The SMILES string of the molecule is CCCCN(C=O)C1CCN(C(=O)Oc2ccc3c(c2)CCC2C3CCC3(C)C(O)CCC23)CC1. The van der Waals surface area contributed by atoms with Gasteiger partial charge in [-0.1, -0.05) is 26.3 Å². The van der Waals surface area contributed by atoms with Crippen molar-refractivity contribution in [2.24, 2.45) is 17.3 Å². The lowest BCUT2D eigenvalue weighted by molar-refractivity contribution is -0.121. The van der Waals surface area contributed by atoms with Gasteiger partial charge >= 0.3 is 6.09 Å². The van der Waals surface area contributed by atoms with Crippen LogP contribution in [-0.4, -0.2) is 59.2 Å². The standard InChI is InChI=1S/C29H42N2O4/c1-3-4-15-31(19-32)21-12-16-30(17-13-21)28(34)35-22-6-8-23-20(18-22)5-7-25-24(23)11-14-29(2)26(25)9-10-27(29)33/h6,8,18-19,21,24-27,33H,3-5,7,9-17H2,1-2H3. The van der Waals surface area contributed by atoms with E-state index in [-0.39, 0.29) is 23.7 Å². The molecule has 6 nitrogen and oxygen atoms in total. The molecule has 1 N–H and O–H groups in total. The number of aliphatic hydroxyl groups excluding tert-OH is 1. The van der Waals surface area contributed by atoms with Crippen molar-refractivity contribution in [1.82, 2.24) is 9.80 Å². The molecule has 0 aromatic heterocycles. The van der Waals surface area contributed by atoms with Crippen molar-refractivity contribution in [2.45, 2.75) is 96.1 Å². The Kier molecular flexibility index (Phi) is 7.11. The Labute approximate surface area is 210 Å². The van der Waals surface area contributed by atoms with Crippen LogP contribution in [0, 0.1) is 17.3 Å². The van der Waals surface area contributed by atoms with Gasteiger partial charge in [0.25, 0.3) is 0 Å². The van der Waals surface area contributed by atoms with Gasteiger partial charge in [-0.15, -0.1) is 0 Å². The van der Waals surface area contributed by atoms with Gasteiger partial charge in [0.1, 0.15) is 5.75 Å². The number of aliphatic hydroxyl groups is 1. The molecule has 0 radical (unpaired) electrons. The van der Waals surface area contributed by atoms with Crippen LogP contribution in [0.5, 0.6) is 5.75 Å². The van der Waals surface area contributed by atoms with Gasteiger partial charge in [0, 0.05) is 25.7 Å². The van der Waals surface area contributed by atoms with Crippen molar-refractivity contribution in [3.05, 3.63) is 29.3 Å². The average molecular weight is 483 g/mol. The highest BCUT2D eigenvalue weighted by molar-refractivity contribution is 5.71. The second kappa shape index (κ2) is 10.1. The number of aryl methyl sites for hydroxylation is 1. The Balaban J connectivity index is 1.19. The average Bonchev–Trinajstić information content (AvgIpc) is 3.19. The van der Waals surface area contributed by atoms with Crippen LogP contribution in [0.2, 0.25) is 0 Å². The molecular weight excluding hydrogens is 440 g/mol. The lowest BCUT2D eigenvalue weighted by Crippen LogP contribution is -2.47. The molecule has 1 aliphatic heterocycles. The molecule has 5 rings (SSSR count). The molecule has 0 spiro atoms. The van der Waals surface area contributed by atoms with E-state index in [1.54, 1.807) is 4.90 Å². The fraction of sp³-hybridized carbons (Fsp3) is 0.724. The topological polar surface area (TPSA) is 70.1 Å². The number of likely N-dealkylation sites (tertiary alicyclic amines) is 1. The highest BCUT2D eigenvalue weighted by atomic mass is 16.6. The van der Waals surface area contributed by atoms with E-state index >= 15 is 0 Å². The zero-order valence-corrected chi connectivity index (χ0v) is 21.5. The zero-order valence-electron chi connectivity index (χ0n) is 21.5. The number of rotatable bonds is 6. The van der Waals surface area contributed by atoms with Gasteiger partial charge in [0.05, 0.1) is 6.10 Å². The van der Waals surface area contributed by atoms with E-state index in [9.17, 15) is 14.7 Å². The summed E-state index contributed by atoms with van der Waals surface area (Å²) in [5.41, 5.74) is 2.86. The number of amides is 2. The summed E-state index contributed by atoms with van der Waals surface area (Å²) in [7, 11) is 0. The van der Waals surface area contributed by atoms with Gasteiger partial charge in [-0.2, -0.15) is 0 Å². The lowest BCUT2D eigenvalue weighted by atomic mass is 9.55. The van der Waals surface area contributed by atoms with Crippen LogP contribution in [0.15, 0.2) is 18.2 Å². The smallest absolute Gasteiger partial charge is 0.410 e. The lowest BCUT2D eigenvalue weighted by Gasteiger charge is -2.50. The molecule has 1 heterocycles. The van der Waals surface area contributed by atoms with Gasteiger partial charge in [-0.3, -0.25) is 4.79 Å². The van der Waals surface area contributed by atoms with Crippen LogP contribution in [-0.2, 0) is 11.2 Å². The zero-order chi connectivity index (χ0) is 24.6. The number of piperidine rings is 1. The molecule has 3 aliphatic carbocycles. The Morgan fingerprint density at radius 3 is 2.74 bits per heavy atom. The molecule has 5 atom stereocenters. The Morgan fingerprint density at radius 2 is 2.00 bits per heavy atom. The maximum Gasteiger partial charge on any atom is 0.415 e. The first-order valence-electron chi connectivity index (χ1n) is 13.9. The van der Waals surface area contributed by atoms with E-state index in [1.165, 1.54) is 17.5 Å². The molecule has 1 aromatic carbocycles. The number of nitrogens with zero attached hydrogens (tertiary/aromatic N) is 2. The van der Waals surface area contributed by atoms with Crippen LogP contribution in [0.3, 0.4) is 0 Å². The monoisotopic (exact) mass is 482 g/mol. The van der Waals surface area contributed by atoms with Gasteiger partial charge in [0.2, 0.25) is 6.41 Å². The van der Waals surface area contributed by atoms with Crippen molar-refractivity contribution in [3.63, 3.8) is 0 Å². The van der Waals surface area contributed by atoms with Crippen LogP contribution in [0.4, 0.5) is 4.79 Å². The van der Waals surface area contributed by atoms with E-state index in [1.807, 2.05) is 11.0 Å². The maximum atomic E-state index is 12.9. The molecule has 35 heavy (non-hydrogen) atoms. The fourth-order valence-electron chi connectivity index (χ4n) is 7.80. The summed E-state index contributed by atoms with van der Waals surface area (Å²) >= 11 is 0. The van der Waals surface area contributed by atoms with Gasteiger partial charge in [-0.05, 0) is 104 Å². The third-order valence-electron chi connectivity index (χ3n) is 9.95. The molecule has 3 fully saturated rings. The van der Waals surface area contributed by atoms with Crippen molar-refractivity contribution < 1.29 is 19.4 Å². The number of carbonyl (C=O) groups excluding carboxylic acids is 2. The summed E-state index contributed by atoms with van der Waals surface area (Å²) in [6, 6.07) is 6.48. The molecule has 0 bridgehead atoms. The minimum Gasteiger partial charge on any atom is -0.410 e. The molecule has 5 unspecified atom stereocenters. The van der Waals surface area contributed by atoms with Crippen LogP contribution >= 0.6 is 0 Å². The molecular formula is C29H42N2O4. The van der Waals surface area contributed by atoms with E-state index in [4.69, 9.17) is 4.74 Å². The first-order chi connectivity index (χ1) is 16.9. The fourth-order valence-corrected chi connectivity index (χ4v) is 7.80. The first-order valence-corrected chi connectivity index (χ1v) is 13.9. The predicted molar refractivity (Wildman–Crippen MR) is 135 cm³/mol. The second-order valence-electron chi connectivity index (χ2n) is 11.7. The van der Waals surface area contributed by atoms with Gasteiger partial charge in [0.15, 0.2) is 0 Å². The van der Waals surface area contributed by atoms with Crippen LogP contribution < -0.4 is 4.74 Å². The molecule has 1 saturated heterocycles. The number of benzene rings is 1. The number of unbranched alkanes of at least 4 members (excludes halogenated alkanes) is 1. The van der Waals surface area contributed by atoms with Crippen LogP contribution in [0.1, 0.15) is 88.7 Å². The summed E-state index contributed by atoms with van der Waals surface area (Å²) in [6.45, 7) is 6.49. The minimum atomic E-state index is -0.281. The largest absolute Gasteiger partial charge is 0.415 e. The Morgan fingerprint density at radius 1 is 1.20 bits per heavy atom. The Hall–Kier alpha value is -2.08. The number of hydrogen-bond acceptors (Lipinski definition) is 4. The third kappa shape index (κ3) is 4.59. The molecule has 192 valence electrons. The maximum absolute atomic E-state index is 12.9. The third-order valence-corrected chi connectivity index (χ3v) is 9.95.